The highest BCUT2D eigenvalue weighted by Gasteiger charge is 2.27. The van der Waals surface area contributed by atoms with Crippen molar-refractivity contribution in [2.24, 2.45) is 5.73 Å². The average Bonchev–Trinajstić information content (AvgIpc) is 3.39. The quantitative estimate of drug-likeness (QED) is 0.728. The van der Waals surface area contributed by atoms with E-state index in [1.807, 2.05) is 39.9 Å². The average molecular weight is 378 g/mol. The Morgan fingerprint density at radius 3 is 2.46 bits per heavy atom. The van der Waals surface area contributed by atoms with Gasteiger partial charge in [0.1, 0.15) is 12.4 Å². The number of nitrogens with zero attached hydrogens (tertiary/aromatic N) is 5. The molecular formula is C20H22N6O2. The summed E-state index contributed by atoms with van der Waals surface area (Å²) in [6, 6.07) is 7.54. The number of benzene rings is 1. The van der Waals surface area contributed by atoms with Crippen molar-refractivity contribution >= 4 is 11.8 Å². The van der Waals surface area contributed by atoms with Gasteiger partial charge in [-0.15, -0.1) is 0 Å². The van der Waals surface area contributed by atoms with E-state index in [1.54, 1.807) is 29.5 Å². The van der Waals surface area contributed by atoms with E-state index in [2.05, 4.69) is 9.97 Å². The smallest absolute Gasteiger partial charge is 0.253 e. The zero-order valence-electron chi connectivity index (χ0n) is 15.4. The van der Waals surface area contributed by atoms with Crippen LogP contribution in [0.25, 0.3) is 5.69 Å². The molecule has 0 aliphatic carbocycles. The first-order valence-electron chi connectivity index (χ1n) is 9.29. The zero-order chi connectivity index (χ0) is 19.5. The third-order valence-electron chi connectivity index (χ3n) is 5.14. The maximum Gasteiger partial charge on any atom is 0.253 e. The molecule has 144 valence electrons. The van der Waals surface area contributed by atoms with Crippen molar-refractivity contribution in [1.82, 2.24) is 24.0 Å². The molecule has 8 heteroatoms. The van der Waals surface area contributed by atoms with Crippen molar-refractivity contribution in [3.63, 3.8) is 0 Å². The first-order chi connectivity index (χ1) is 13.6. The molecule has 3 heterocycles. The minimum Gasteiger partial charge on any atom is -0.368 e. The van der Waals surface area contributed by atoms with Crippen LogP contribution in [0, 0.1) is 0 Å². The molecule has 2 aromatic heterocycles. The highest BCUT2D eigenvalue weighted by atomic mass is 16.2. The molecule has 0 atom stereocenters. The van der Waals surface area contributed by atoms with Gasteiger partial charge in [0, 0.05) is 55.0 Å². The molecule has 0 unspecified atom stereocenters. The minimum atomic E-state index is -0.383. The lowest BCUT2D eigenvalue weighted by atomic mass is 9.95. The van der Waals surface area contributed by atoms with Gasteiger partial charge in [-0.3, -0.25) is 9.59 Å². The van der Waals surface area contributed by atoms with Crippen LogP contribution in [0.1, 0.15) is 34.9 Å². The van der Waals surface area contributed by atoms with E-state index in [0.29, 0.717) is 18.7 Å². The molecule has 3 aromatic rings. The second-order valence-corrected chi connectivity index (χ2v) is 6.96. The summed E-state index contributed by atoms with van der Waals surface area (Å²) in [6.45, 7) is 1.46. The molecule has 1 aliphatic heterocycles. The van der Waals surface area contributed by atoms with Gasteiger partial charge in [-0.25, -0.2) is 9.97 Å². The maximum atomic E-state index is 12.8. The molecule has 8 nitrogen and oxygen atoms in total. The summed E-state index contributed by atoms with van der Waals surface area (Å²) in [5.74, 6) is 0.750. The number of amides is 2. The van der Waals surface area contributed by atoms with Crippen LogP contribution in [0.2, 0.25) is 0 Å². The van der Waals surface area contributed by atoms with Gasteiger partial charge in [-0.2, -0.15) is 0 Å². The van der Waals surface area contributed by atoms with E-state index in [4.69, 9.17) is 5.73 Å². The second kappa shape index (κ2) is 7.67. The fraction of sp³-hybridized carbons (Fsp3) is 0.300. The number of hydrogen-bond donors (Lipinski definition) is 1. The fourth-order valence-corrected chi connectivity index (χ4v) is 3.69. The van der Waals surface area contributed by atoms with E-state index < -0.39 is 0 Å². The topological polar surface area (TPSA) is 99.0 Å². The Bertz CT molecular complexity index is 953. The number of piperidine rings is 1. The Kier molecular flexibility index (Phi) is 4.92. The second-order valence-electron chi connectivity index (χ2n) is 6.96. The van der Waals surface area contributed by atoms with Gasteiger partial charge in [-0.1, -0.05) is 0 Å². The molecule has 1 saturated heterocycles. The van der Waals surface area contributed by atoms with Crippen molar-refractivity contribution in [3.05, 3.63) is 66.8 Å². The molecular weight excluding hydrogens is 356 g/mol. The summed E-state index contributed by atoms with van der Waals surface area (Å²) < 4.78 is 3.70. The van der Waals surface area contributed by atoms with E-state index in [-0.39, 0.29) is 24.3 Å². The van der Waals surface area contributed by atoms with Crippen LogP contribution in [0.15, 0.2) is 55.4 Å². The van der Waals surface area contributed by atoms with Crippen molar-refractivity contribution in [2.45, 2.75) is 25.3 Å². The predicted molar refractivity (Wildman–Crippen MR) is 103 cm³/mol. The van der Waals surface area contributed by atoms with E-state index in [9.17, 15) is 9.59 Å². The first kappa shape index (κ1) is 18.0. The molecule has 1 aliphatic rings. The Hall–Kier alpha value is -3.42. The van der Waals surface area contributed by atoms with Crippen LogP contribution in [0.5, 0.6) is 0 Å². The summed E-state index contributed by atoms with van der Waals surface area (Å²) in [6.07, 6.45) is 10.4. The number of carbonyl (C=O) groups is 2. The van der Waals surface area contributed by atoms with Gasteiger partial charge in [0.2, 0.25) is 5.91 Å². The van der Waals surface area contributed by atoms with Crippen LogP contribution in [-0.2, 0) is 11.3 Å². The predicted octanol–water partition coefficient (Wildman–Crippen LogP) is 1.57. The lowest BCUT2D eigenvalue weighted by molar-refractivity contribution is -0.118. The molecule has 1 aromatic carbocycles. The van der Waals surface area contributed by atoms with Crippen molar-refractivity contribution in [2.75, 3.05) is 13.1 Å². The Morgan fingerprint density at radius 2 is 1.82 bits per heavy atom. The first-order valence-corrected chi connectivity index (χ1v) is 9.29. The molecule has 0 saturated carbocycles. The number of nitrogens with two attached hydrogens (primary N) is 1. The number of carbonyl (C=O) groups excluding carboxylic acids is 2. The highest BCUT2D eigenvalue weighted by molar-refractivity contribution is 5.94. The molecule has 0 spiro atoms. The maximum absolute atomic E-state index is 12.8. The van der Waals surface area contributed by atoms with E-state index in [0.717, 1.165) is 24.4 Å². The Balaban J connectivity index is 1.39. The van der Waals surface area contributed by atoms with Gasteiger partial charge in [-0.05, 0) is 37.1 Å². The lowest BCUT2D eigenvalue weighted by Crippen LogP contribution is -2.38. The summed E-state index contributed by atoms with van der Waals surface area (Å²) in [7, 11) is 0. The molecule has 2 amide bonds. The molecule has 4 rings (SSSR count). The molecule has 28 heavy (non-hydrogen) atoms. The summed E-state index contributed by atoms with van der Waals surface area (Å²) in [5, 5.41) is 0. The Morgan fingerprint density at radius 1 is 1.07 bits per heavy atom. The minimum absolute atomic E-state index is 0.0381. The zero-order valence-corrected chi connectivity index (χ0v) is 15.4. The van der Waals surface area contributed by atoms with Crippen molar-refractivity contribution < 1.29 is 9.59 Å². The lowest BCUT2D eigenvalue weighted by Gasteiger charge is -2.32. The van der Waals surface area contributed by atoms with Crippen molar-refractivity contribution in [3.8, 4) is 5.69 Å². The summed E-state index contributed by atoms with van der Waals surface area (Å²) >= 11 is 0. The van der Waals surface area contributed by atoms with Gasteiger partial charge < -0.3 is 19.8 Å². The van der Waals surface area contributed by atoms with Crippen LogP contribution >= 0.6 is 0 Å². The standard InChI is InChI=1S/C20H22N6O2/c21-18(27)13-25-12-8-23-19(25)15-5-9-24(10-6-15)20(28)16-1-3-17(4-2-16)26-11-7-22-14-26/h1-4,7-8,11-12,14-15H,5-6,9-10,13H2,(H2,21,27). The molecule has 0 radical (unpaired) electrons. The number of aromatic nitrogens is 4. The number of rotatable bonds is 5. The van der Waals surface area contributed by atoms with Crippen LogP contribution in [-0.4, -0.2) is 48.9 Å². The number of primary amides is 1. The van der Waals surface area contributed by atoms with Crippen LogP contribution in [0.3, 0.4) is 0 Å². The van der Waals surface area contributed by atoms with Crippen molar-refractivity contribution in [1.29, 1.82) is 0 Å². The molecule has 0 bridgehead atoms. The van der Waals surface area contributed by atoms with Crippen LogP contribution in [0.4, 0.5) is 0 Å². The highest BCUT2D eigenvalue weighted by Crippen LogP contribution is 2.27. The monoisotopic (exact) mass is 378 g/mol. The molecule has 1 fully saturated rings. The normalized spacial score (nSPS) is 14.9. The molecule has 2 N–H and O–H groups in total. The number of imidazole rings is 2. The van der Waals surface area contributed by atoms with E-state index >= 15 is 0 Å². The number of hydrogen-bond acceptors (Lipinski definition) is 4. The van der Waals surface area contributed by atoms with Gasteiger partial charge in [0.15, 0.2) is 0 Å². The summed E-state index contributed by atoms with van der Waals surface area (Å²) in [5.41, 5.74) is 6.95. The Labute approximate surface area is 162 Å². The van der Waals surface area contributed by atoms with Crippen LogP contribution < -0.4 is 5.73 Å². The largest absolute Gasteiger partial charge is 0.368 e. The SMILES string of the molecule is NC(=O)Cn1ccnc1C1CCN(C(=O)c2ccc(-n3ccnc3)cc2)CC1. The third-order valence-corrected chi connectivity index (χ3v) is 5.14. The number of likely N-dealkylation sites (tertiary alicyclic amines) is 1. The van der Waals surface area contributed by atoms with Gasteiger partial charge >= 0.3 is 0 Å². The fourth-order valence-electron chi connectivity index (χ4n) is 3.69. The van der Waals surface area contributed by atoms with Gasteiger partial charge in [0.25, 0.3) is 5.91 Å². The third kappa shape index (κ3) is 3.66. The summed E-state index contributed by atoms with van der Waals surface area (Å²) in [4.78, 5) is 34.4. The van der Waals surface area contributed by atoms with Gasteiger partial charge in [0.05, 0.1) is 6.33 Å². The van der Waals surface area contributed by atoms with E-state index in [1.165, 1.54) is 0 Å².